The summed E-state index contributed by atoms with van der Waals surface area (Å²) in [6.07, 6.45) is 8.15. The Morgan fingerprint density at radius 3 is 2.32 bits per heavy atom. The molecule has 0 aliphatic carbocycles. The molecule has 216 valence electrons. The number of ether oxygens (including phenoxy) is 1. The molecule has 1 atom stereocenters. The van der Waals surface area contributed by atoms with Crippen molar-refractivity contribution >= 4 is 29.0 Å². The zero-order valence-electron chi connectivity index (χ0n) is 24.5. The van der Waals surface area contributed by atoms with Crippen molar-refractivity contribution in [1.29, 1.82) is 0 Å². The van der Waals surface area contributed by atoms with Gasteiger partial charge in [0.25, 0.3) is 6.47 Å². The predicted molar refractivity (Wildman–Crippen MR) is 165 cm³/mol. The number of thioether (sulfide) groups is 1. The summed E-state index contributed by atoms with van der Waals surface area (Å²) in [5.74, 6) is 1.35. The number of anilines is 1. The summed E-state index contributed by atoms with van der Waals surface area (Å²) >= 11 is 1.82. The number of carbonyl (C=O) groups is 1. The average molecular weight is 553 g/mol. The maximum absolute atomic E-state index is 13.2. The summed E-state index contributed by atoms with van der Waals surface area (Å²) in [6.45, 7) is 21.4. The van der Waals surface area contributed by atoms with Gasteiger partial charge in [0.15, 0.2) is 11.5 Å². The van der Waals surface area contributed by atoms with E-state index in [1.54, 1.807) is 12.1 Å². The molecule has 1 heterocycles. The number of aliphatic hydroxyl groups is 1. The number of nitrogens with zero attached hydrogens (tertiary/aromatic N) is 1. The average Bonchev–Trinajstić information content (AvgIpc) is 3.33. The molecule has 0 fully saturated rings. The lowest BCUT2D eigenvalue weighted by atomic mass is 10.1. The van der Waals surface area contributed by atoms with Gasteiger partial charge < -0.3 is 20.3 Å². The molecule has 1 aliphatic rings. The number of allylic oxidation sites excluding steroid dienone is 4. The molecule has 0 saturated carbocycles. The van der Waals surface area contributed by atoms with Gasteiger partial charge in [0, 0.05) is 18.0 Å². The second-order valence-electron chi connectivity index (χ2n) is 7.35. The van der Waals surface area contributed by atoms with Crippen LogP contribution in [0.4, 0.5) is 10.1 Å². The number of aliphatic hydroxyl groups excluding tert-OH is 1. The van der Waals surface area contributed by atoms with E-state index in [1.165, 1.54) is 18.2 Å². The van der Waals surface area contributed by atoms with Gasteiger partial charge in [0.05, 0.1) is 18.2 Å². The molecule has 1 aromatic carbocycles. The first kappa shape index (κ1) is 39.5. The van der Waals surface area contributed by atoms with Crippen LogP contribution in [0.3, 0.4) is 0 Å². The number of nitrogens with one attached hydrogen (secondary N) is 1. The van der Waals surface area contributed by atoms with E-state index in [9.17, 15) is 9.50 Å². The Balaban J connectivity index is -0.000000530. The molecule has 3 N–H and O–H groups in total. The topological polar surface area (TPSA) is 91.2 Å². The molecule has 2 rings (SSSR count). The van der Waals surface area contributed by atoms with E-state index in [4.69, 9.17) is 14.6 Å². The van der Waals surface area contributed by atoms with Crippen LogP contribution in [0.2, 0.25) is 0 Å². The highest BCUT2D eigenvalue weighted by Gasteiger charge is 2.14. The minimum Gasteiger partial charge on any atom is -0.504 e. The number of benzene rings is 1. The summed E-state index contributed by atoms with van der Waals surface area (Å²) in [6, 6.07) is 5.37. The molecule has 0 radical (unpaired) electrons. The Labute approximate surface area is 234 Å². The highest BCUT2D eigenvalue weighted by Crippen LogP contribution is 2.21. The van der Waals surface area contributed by atoms with E-state index in [0.29, 0.717) is 11.8 Å². The number of methoxy groups -OCH3 is 1. The van der Waals surface area contributed by atoms with Gasteiger partial charge in [-0.3, -0.25) is 9.79 Å². The Kier molecular flexibility index (Phi) is 28.1. The number of rotatable bonds is 9. The molecular weight excluding hydrogens is 503 g/mol. The maximum atomic E-state index is 13.2. The van der Waals surface area contributed by atoms with Gasteiger partial charge in [-0.05, 0) is 63.3 Å². The second-order valence-corrected chi connectivity index (χ2v) is 8.56. The van der Waals surface area contributed by atoms with E-state index in [2.05, 4.69) is 37.3 Å². The molecule has 38 heavy (non-hydrogen) atoms. The van der Waals surface area contributed by atoms with Gasteiger partial charge in [-0.1, -0.05) is 58.6 Å². The van der Waals surface area contributed by atoms with Crippen LogP contribution in [-0.2, 0) is 16.0 Å². The number of hydrogen-bond acceptors (Lipinski definition) is 6. The quantitative estimate of drug-likeness (QED) is 0.123. The van der Waals surface area contributed by atoms with E-state index < -0.39 is 0 Å². The van der Waals surface area contributed by atoms with Crippen molar-refractivity contribution in [1.82, 2.24) is 0 Å². The van der Waals surface area contributed by atoms with Crippen molar-refractivity contribution in [2.45, 2.75) is 73.8 Å². The third-order valence-electron chi connectivity index (χ3n) is 4.66. The summed E-state index contributed by atoms with van der Waals surface area (Å²) in [5.41, 5.74) is 2.92. The van der Waals surface area contributed by atoms with E-state index in [-0.39, 0.29) is 18.0 Å². The van der Waals surface area contributed by atoms with Crippen molar-refractivity contribution in [3.8, 4) is 0 Å². The van der Waals surface area contributed by atoms with E-state index >= 15 is 0 Å². The van der Waals surface area contributed by atoms with Gasteiger partial charge >= 0.3 is 0 Å². The maximum Gasteiger partial charge on any atom is 0.290 e. The number of aryl methyl sites for hydroxylation is 1. The van der Waals surface area contributed by atoms with Gasteiger partial charge in [0.1, 0.15) is 5.82 Å². The molecule has 0 bridgehead atoms. The normalized spacial score (nSPS) is 13.8. The smallest absolute Gasteiger partial charge is 0.290 e. The first-order valence-electron chi connectivity index (χ1n) is 12.8. The summed E-state index contributed by atoms with van der Waals surface area (Å²) in [5, 5.41) is 20.9. The van der Waals surface area contributed by atoms with Crippen molar-refractivity contribution in [3.63, 3.8) is 0 Å². The summed E-state index contributed by atoms with van der Waals surface area (Å²) < 4.78 is 18.0. The molecule has 0 spiro atoms. The first-order valence-corrected chi connectivity index (χ1v) is 13.8. The van der Waals surface area contributed by atoms with Crippen LogP contribution in [-0.4, -0.2) is 47.2 Å². The van der Waals surface area contributed by atoms with E-state index in [1.807, 2.05) is 64.6 Å². The molecule has 6 nitrogen and oxygen atoms in total. The number of halogens is 1. The van der Waals surface area contributed by atoms with Gasteiger partial charge in [-0.25, -0.2) is 4.39 Å². The molecule has 1 unspecified atom stereocenters. The predicted octanol–water partition coefficient (Wildman–Crippen LogP) is 8.59. The lowest BCUT2D eigenvalue weighted by Gasteiger charge is -2.12. The molecule has 1 aromatic rings. The highest BCUT2D eigenvalue weighted by molar-refractivity contribution is 8.14. The van der Waals surface area contributed by atoms with Crippen LogP contribution in [0.25, 0.3) is 0 Å². The summed E-state index contributed by atoms with van der Waals surface area (Å²) in [4.78, 5) is 12.9. The van der Waals surface area contributed by atoms with Crippen LogP contribution in [0.1, 0.15) is 66.9 Å². The van der Waals surface area contributed by atoms with Gasteiger partial charge in [-0.15, -0.1) is 18.3 Å². The largest absolute Gasteiger partial charge is 0.504 e. The minimum absolute atomic E-state index is 0.137. The molecule has 0 aromatic heterocycles. The Morgan fingerprint density at radius 1 is 1.32 bits per heavy atom. The van der Waals surface area contributed by atoms with Crippen LogP contribution in [0.15, 0.2) is 71.7 Å². The number of aliphatic imine (C=N–C) groups is 1. The lowest BCUT2D eigenvalue weighted by Crippen LogP contribution is -2.12. The zero-order chi connectivity index (χ0) is 29.9. The fraction of sp³-hybridized carbons (Fsp3) is 0.467. The monoisotopic (exact) mass is 552 g/mol. The molecular formula is C30H49FN2O4S. The third-order valence-corrected chi connectivity index (χ3v) is 5.73. The Bertz CT molecular complexity index is 877. The Morgan fingerprint density at radius 2 is 1.89 bits per heavy atom. The first-order chi connectivity index (χ1) is 18.2. The SMILES string of the molecule is C=C(OC)/C(O)=C(\C=C/C)CC.C=CC.CC.CCc1ccc(F)cc1NCCC1CSC(C)=N1.O=CO. The molecule has 0 saturated heterocycles. The summed E-state index contributed by atoms with van der Waals surface area (Å²) in [7, 11) is 1.49. The highest BCUT2D eigenvalue weighted by atomic mass is 32.2. The van der Waals surface area contributed by atoms with E-state index in [0.717, 1.165) is 48.4 Å². The van der Waals surface area contributed by atoms with Crippen molar-refractivity contribution in [3.05, 3.63) is 78.1 Å². The van der Waals surface area contributed by atoms with Crippen molar-refractivity contribution in [2.24, 2.45) is 4.99 Å². The van der Waals surface area contributed by atoms with Crippen LogP contribution in [0, 0.1) is 5.82 Å². The third kappa shape index (κ3) is 19.2. The number of hydrogen-bond donors (Lipinski definition) is 3. The Hall–Kier alpha value is -3.00. The fourth-order valence-electron chi connectivity index (χ4n) is 2.93. The molecule has 0 amide bonds. The van der Waals surface area contributed by atoms with Gasteiger partial charge in [0.2, 0.25) is 0 Å². The van der Waals surface area contributed by atoms with Gasteiger partial charge in [-0.2, -0.15) is 0 Å². The zero-order valence-corrected chi connectivity index (χ0v) is 25.3. The molecule has 8 heteroatoms. The standard InChI is InChI=1S/C14H19FN2S.C10H16O2.C3H6.C2H6.CH2O2/c1-3-11-4-5-12(15)8-14(11)16-7-6-13-9-18-10(2)17-13;1-5-7-9(6-2)10(11)8(3)12-4;1-3-2;1-2;2-1-3/h4-5,8,13,16H,3,6-7,9H2,1-2H3;5,7,11H,3,6H2,1-2,4H3;3H,1H2,2H3;1-2H3;1H,(H,2,3)/b;7-5-,10-9+;;;. The van der Waals surface area contributed by atoms with Crippen LogP contribution in [0.5, 0.6) is 0 Å². The van der Waals surface area contributed by atoms with Crippen LogP contribution >= 0.6 is 11.8 Å². The number of carboxylic acid groups (broad SMARTS) is 1. The fourth-order valence-corrected chi connectivity index (χ4v) is 3.83. The van der Waals surface area contributed by atoms with Crippen LogP contribution < -0.4 is 5.32 Å². The molecule has 1 aliphatic heterocycles. The van der Waals surface area contributed by atoms with Crippen molar-refractivity contribution in [2.75, 3.05) is 24.7 Å². The minimum atomic E-state index is -0.250. The lowest BCUT2D eigenvalue weighted by molar-refractivity contribution is -0.122. The van der Waals surface area contributed by atoms with Crippen molar-refractivity contribution < 1.29 is 24.1 Å². The second kappa shape index (κ2) is 27.0.